The number of carbonyl (C=O) groups excluding carboxylic acids is 1. The lowest BCUT2D eigenvalue weighted by Gasteiger charge is -2.36. The lowest BCUT2D eigenvalue weighted by molar-refractivity contribution is 0.0535. The number of ether oxygens (including phenoxy) is 2. The van der Waals surface area contributed by atoms with E-state index in [1.165, 1.54) is 6.42 Å². The van der Waals surface area contributed by atoms with Gasteiger partial charge >= 0.3 is 6.09 Å². The number of aliphatic hydroxyl groups excluding tert-OH is 2. The number of hydrogen-bond acceptors (Lipinski definition) is 5. The number of carbonyl (C=O) groups is 1. The molecule has 3 aromatic rings. The van der Waals surface area contributed by atoms with Crippen molar-refractivity contribution >= 4 is 28.6 Å². The molecule has 2 atom stereocenters. The van der Waals surface area contributed by atoms with Gasteiger partial charge in [-0.15, -0.1) is 0 Å². The van der Waals surface area contributed by atoms with Crippen molar-refractivity contribution in [3.8, 4) is 5.75 Å². The molecule has 2 aliphatic rings. The molecular formula is C26H29ClN2O5. The largest absolute Gasteiger partial charge is 0.491 e. The smallest absolute Gasteiger partial charge is 0.410 e. The Bertz CT molecular complexity index is 1160. The van der Waals surface area contributed by atoms with E-state index in [4.69, 9.17) is 26.2 Å². The Hall–Kier alpha value is -2.74. The van der Waals surface area contributed by atoms with Gasteiger partial charge in [0.25, 0.3) is 0 Å². The Kier molecular flexibility index (Phi) is 6.68. The van der Waals surface area contributed by atoms with Gasteiger partial charge in [-0.25, -0.2) is 4.79 Å². The molecule has 2 aromatic carbocycles. The average molecular weight is 485 g/mol. The summed E-state index contributed by atoms with van der Waals surface area (Å²) in [5.41, 5.74) is 4.04. The Morgan fingerprint density at radius 3 is 2.71 bits per heavy atom. The van der Waals surface area contributed by atoms with Crippen LogP contribution in [0.5, 0.6) is 5.75 Å². The molecule has 34 heavy (non-hydrogen) atoms. The van der Waals surface area contributed by atoms with E-state index in [0.29, 0.717) is 36.3 Å². The van der Waals surface area contributed by atoms with Crippen molar-refractivity contribution < 1.29 is 24.5 Å². The number of nitrogens with zero attached hydrogens (tertiary/aromatic N) is 1. The Morgan fingerprint density at radius 2 is 2.00 bits per heavy atom. The first-order valence-corrected chi connectivity index (χ1v) is 12.2. The minimum Gasteiger partial charge on any atom is -0.491 e. The molecule has 1 aromatic heterocycles. The zero-order valence-electron chi connectivity index (χ0n) is 18.9. The molecule has 7 nitrogen and oxygen atoms in total. The fourth-order valence-electron chi connectivity index (χ4n) is 4.73. The number of H-pyrrole nitrogens is 1. The molecular weight excluding hydrogens is 456 g/mol. The first-order valence-electron chi connectivity index (χ1n) is 11.8. The van der Waals surface area contributed by atoms with Crippen LogP contribution in [0.2, 0.25) is 5.02 Å². The number of aromatic nitrogens is 1. The topological polar surface area (TPSA) is 95.0 Å². The van der Waals surface area contributed by atoms with E-state index in [1.807, 2.05) is 42.5 Å². The number of aromatic amines is 1. The molecule has 3 N–H and O–H groups in total. The Labute approximate surface area is 203 Å². The minimum absolute atomic E-state index is 0.00577. The summed E-state index contributed by atoms with van der Waals surface area (Å²) in [5.74, 6) is 1.05. The predicted molar refractivity (Wildman–Crippen MR) is 129 cm³/mol. The van der Waals surface area contributed by atoms with Gasteiger partial charge in [-0.2, -0.15) is 0 Å². The molecule has 0 unspecified atom stereocenters. The second kappa shape index (κ2) is 9.86. The predicted octanol–water partition coefficient (Wildman–Crippen LogP) is 4.44. The first-order chi connectivity index (χ1) is 16.5. The summed E-state index contributed by atoms with van der Waals surface area (Å²) in [6.07, 6.45) is 2.93. The highest BCUT2D eigenvalue weighted by atomic mass is 35.5. The molecule has 1 saturated carbocycles. The SMILES string of the molecule is O=C(OCC1CCC1)N1CCc2c([nH]c3ccc(Cl)cc23)[C@@H]1c1ccc(OC[C@H](O)CO)cc1. The monoisotopic (exact) mass is 484 g/mol. The van der Waals surface area contributed by atoms with Crippen LogP contribution in [0, 0.1) is 5.92 Å². The van der Waals surface area contributed by atoms with Gasteiger partial charge in [0.2, 0.25) is 0 Å². The number of hydrogen-bond donors (Lipinski definition) is 3. The van der Waals surface area contributed by atoms with Gasteiger partial charge in [0.05, 0.1) is 13.2 Å². The molecule has 8 heteroatoms. The van der Waals surface area contributed by atoms with Crippen LogP contribution < -0.4 is 4.74 Å². The number of aliphatic hydroxyl groups is 2. The summed E-state index contributed by atoms with van der Waals surface area (Å²) >= 11 is 6.27. The van der Waals surface area contributed by atoms with Crippen LogP contribution in [-0.4, -0.2) is 58.7 Å². The maximum atomic E-state index is 13.2. The highest BCUT2D eigenvalue weighted by Gasteiger charge is 2.36. The Morgan fingerprint density at radius 1 is 1.21 bits per heavy atom. The van der Waals surface area contributed by atoms with Crippen LogP contribution in [0.15, 0.2) is 42.5 Å². The van der Waals surface area contributed by atoms with E-state index in [0.717, 1.165) is 40.6 Å². The van der Waals surface area contributed by atoms with E-state index >= 15 is 0 Å². The lowest BCUT2D eigenvalue weighted by Crippen LogP contribution is -2.41. The van der Waals surface area contributed by atoms with Crippen LogP contribution in [-0.2, 0) is 11.2 Å². The normalized spacial score (nSPS) is 18.9. The van der Waals surface area contributed by atoms with Crippen molar-refractivity contribution in [2.75, 3.05) is 26.4 Å². The third-order valence-corrected chi connectivity index (χ3v) is 7.07. The van der Waals surface area contributed by atoms with Crippen LogP contribution in [0.1, 0.15) is 42.1 Å². The second-order valence-electron chi connectivity index (χ2n) is 9.14. The van der Waals surface area contributed by atoms with E-state index in [2.05, 4.69) is 4.98 Å². The number of benzene rings is 2. The molecule has 5 rings (SSSR count). The van der Waals surface area contributed by atoms with Crippen molar-refractivity contribution in [3.63, 3.8) is 0 Å². The number of rotatable bonds is 7. The van der Waals surface area contributed by atoms with Crippen molar-refractivity contribution in [1.82, 2.24) is 9.88 Å². The molecule has 2 heterocycles. The number of nitrogens with one attached hydrogen (secondary N) is 1. The van der Waals surface area contributed by atoms with Crippen LogP contribution >= 0.6 is 11.6 Å². The molecule has 1 aliphatic carbocycles. The van der Waals surface area contributed by atoms with Crippen molar-refractivity contribution in [2.24, 2.45) is 5.92 Å². The summed E-state index contributed by atoms with van der Waals surface area (Å²) in [5, 5.41) is 20.3. The van der Waals surface area contributed by atoms with Gasteiger partial charge < -0.3 is 24.7 Å². The fraction of sp³-hybridized carbons (Fsp3) is 0.423. The van der Waals surface area contributed by atoms with E-state index < -0.39 is 6.10 Å². The van der Waals surface area contributed by atoms with Gasteiger partial charge in [-0.1, -0.05) is 30.2 Å². The molecule has 180 valence electrons. The molecule has 1 amide bonds. The quantitative estimate of drug-likeness (QED) is 0.461. The van der Waals surface area contributed by atoms with E-state index in [1.54, 1.807) is 4.90 Å². The van der Waals surface area contributed by atoms with E-state index in [9.17, 15) is 9.90 Å². The highest BCUT2D eigenvalue weighted by molar-refractivity contribution is 6.31. The zero-order chi connectivity index (χ0) is 23.7. The fourth-order valence-corrected chi connectivity index (χ4v) is 4.90. The maximum Gasteiger partial charge on any atom is 0.410 e. The summed E-state index contributed by atoms with van der Waals surface area (Å²) < 4.78 is 11.3. The van der Waals surface area contributed by atoms with Crippen molar-refractivity contribution in [3.05, 3.63) is 64.3 Å². The molecule has 0 radical (unpaired) electrons. The molecule has 1 fully saturated rings. The number of fused-ring (bicyclic) bond motifs is 3. The van der Waals surface area contributed by atoms with Gasteiger partial charge in [-0.3, -0.25) is 4.90 Å². The summed E-state index contributed by atoms with van der Waals surface area (Å²) in [7, 11) is 0. The van der Waals surface area contributed by atoms with E-state index in [-0.39, 0.29) is 25.3 Å². The van der Waals surface area contributed by atoms with Crippen LogP contribution in [0.3, 0.4) is 0 Å². The van der Waals surface area contributed by atoms with Crippen LogP contribution in [0.25, 0.3) is 10.9 Å². The van der Waals surface area contributed by atoms with Crippen LogP contribution in [0.4, 0.5) is 4.79 Å². The van der Waals surface area contributed by atoms with Crippen molar-refractivity contribution in [1.29, 1.82) is 0 Å². The molecule has 1 aliphatic heterocycles. The van der Waals surface area contributed by atoms with Gasteiger partial charge in [0.15, 0.2) is 0 Å². The first kappa shape index (κ1) is 23.0. The summed E-state index contributed by atoms with van der Waals surface area (Å²) in [6.45, 7) is 0.663. The van der Waals surface area contributed by atoms with Crippen molar-refractivity contribution in [2.45, 2.75) is 37.8 Å². The summed E-state index contributed by atoms with van der Waals surface area (Å²) in [4.78, 5) is 18.5. The zero-order valence-corrected chi connectivity index (χ0v) is 19.6. The third kappa shape index (κ3) is 4.60. The number of halogens is 1. The second-order valence-corrected chi connectivity index (χ2v) is 9.58. The number of amides is 1. The van der Waals surface area contributed by atoms with Gasteiger partial charge in [0, 0.05) is 28.2 Å². The molecule has 0 spiro atoms. The maximum absolute atomic E-state index is 13.2. The minimum atomic E-state index is -0.931. The Balaban J connectivity index is 1.45. The average Bonchev–Trinajstić information content (AvgIpc) is 3.19. The van der Waals surface area contributed by atoms with Gasteiger partial charge in [0.1, 0.15) is 24.5 Å². The highest BCUT2D eigenvalue weighted by Crippen LogP contribution is 2.40. The molecule has 0 bridgehead atoms. The van der Waals surface area contributed by atoms with Gasteiger partial charge in [-0.05, 0) is 66.6 Å². The third-order valence-electron chi connectivity index (χ3n) is 6.84. The summed E-state index contributed by atoms with van der Waals surface area (Å²) in [6, 6.07) is 12.9. The lowest BCUT2D eigenvalue weighted by atomic mass is 9.86. The standard InChI is InChI=1S/C26H29ClN2O5/c27-18-6-9-23-22(12-18)21-10-11-29(26(32)34-14-16-2-1-3-16)25(24(21)28-23)17-4-7-20(8-5-17)33-15-19(31)13-30/h4-9,12,16,19,25,28,30-31H,1-3,10-11,13-15H2/t19-,25+/m1/s1. The molecule has 0 saturated heterocycles.